The Bertz CT molecular complexity index is 713. The van der Waals surface area contributed by atoms with Crippen LogP contribution in [-0.4, -0.2) is 18.5 Å². The first-order valence-electron chi connectivity index (χ1n) is 8.25. The van der Waals surface area contributed by atoms with Gasteiger partial charge in [-0.25, -0.2) is 9.59 Å². The first-order valence-corrected chi connectivity index (χ1v) is 8.25. The van der Waals surface area contributed by atoms with Crippen molar-refractivity contribution >= 4 is 22.7 Å². The topological polar surface area (TPSA) is 52.6 Å². The minimum absolute atomic E-state index is 0.377. The van der Waals surface area contributed by atoms with Gasteiger partial charge in [0.15, 0.2) is 0 Å². The van der Waals surface area contributed by atoms with Crippen molar-refractivity contribution in [3.8, 4) is 5.75 Å². The van der Waals surface area contributed by atoms with Crippen molar-refractivity contribution in [1.82, 2.24) is 0 Å². The van der Waals surface area contributed by atoms with Crippen molar-refractivity contribution in [3.63, 3.8) is 0 Å². The number of rotatable bonds is 8. The fourth-order valence-corrected chi connectivity index (χ4v) is 2.31. The number of unbranched alkanes of at least 4 members (excludes halogenated alkanes) is 3. The van der Waals surface area contributed by atoms with Crippen LogP contribution < -0.4 is 4.74 Å². The van der Waals surface area contributed by atoms with Crippen molar-refractivity contribution in [3.05, 3.63) is 54.6 Å². The Morgan fingerprint density at radius 1 is 0.917 bits per heavy atom. The van der Waals surface area contributed by atoms with E-state index in [9.17, 15) is 9.59 Å². The molecule has 4 heteroatoms. The summed E-state index contributed by atoms with van der Waals surface area (Å²) in [5.74, 6) is -0.661. The van der Waals surface area contributed by atoms with E-state index in [0.29, 0.717) is 12.4 Å². The van der Waals surface area contributed by atoms with Crippen LogP contribution in [0.1, 0.15) is 32.6 Å². The highest BCUT2D eigenvalue weighted by atomic mass is 16.5. The SMILES string of the molecule is CCCCCCOC(=O)/C=C/C(=O)Oc1cccc2ccccc12. The third-order valence-electron chi connectivity index (χ3n) is 3.56. The number of benzene rings is 2. The van der Waals surface area contributed by atoms with Gasteiger partial charge in [0, 0.05) is 17.5 Å². The van der Waals surface area contributed by atoms with Gasteiger partial charge in [-0.15, -0.1) is 0 Å². The molecule has 2 aromatic rings. The predicted octanol–water partition coefficient (Wildman–Crippen LogP) is 4.42. The lowest BCUT2D eigenvalue weighted by Crippen LogP contribution is -2.07. The molecule has 2 rings (SSSR count). The molecule has 126 valence electrons. The number of esters is 2. The highest BCUT2D eigenvalue weighted by Gasteiger charge is 2.06. The monoisotopic (exact) mass is 326 g/mol. The van der Waals surface area contributed by atoms with Crippen LogP contribution in [0.25, 0.3) is 10.8 Å². The number of hydrogen-bond donors (Lipinski definition) is 0. The largest absolute Gasteiger partial charge is 0.463 e. The van der Waals surface area contributed by atoms with Crippen LogP contribution in [0.5, 0.6) is 5.75 Å². The van der Waals surface area contributed by atoms with Gasteiger partial charge in [0.2, 0.25) is 0 Å². The summed E-state index contributed by atoms with van der Waals surface area (Å²) in [5.41, 5.74) is 0. The molecule has 0 saturated heterocycles. The van der Waals surface area contributed by atoms with E-state index in [0.717, 1.165) is 48.6 Å². The van der Waals surface area contributed by atoms with E-state index < -0.39 is 11.9 Å². The van der Waals surface area contributed by atoms with Crippen LogP contribution >= 0.6 is 0 Å². The van der Waals surface area contributed by atoms with Crippen molar-refractivity contribution in [2.45, 2.75) is 32.6 Å². The average Bonchev–Trinajstić information content (AvgIpc) is 2.60. The molecule has 0 amide bonds. The average molecular weight is 326 g/mol. The first kappa shape index (κ1) is 17.7. The van der Waals surface area contributed by atoms with E-state index in [-0.39, 0.29) is 0 Å². The number of hydrogen-bond acceptors (Lipinski definition) is 4. The van der Waals surface area contributed by atoms with Crippen molar-refractivity contribution in [2.24, 2.45) is 0 Å². The lowest BCUT2D eigenvalue weighted by Gasteiger charge is -2.05. The summed E-state index contributed by atoms with van der Waals surface area (Å²) in [6.45, 7) is 2.50. The maximum absolute atomic E-state index is 11.9. The predicted molar refractivity (Wildman–Crippen MR) is 93.8 cm³/mol. The number of carbonyl (C=O) groups excluding carboxylic acids is 2. The number of ether oxygens (including phenoxy) is 2. The van der Waals surface area contributed by atoms with Gasteiger partial charge in [0.05, 0.1) is 6.61 Å². The van der Waals surface area contributed by atoms with E-state index in [1.807, 2.05) is 36.4 Å². The molecule has 0 heterocycles. The lowest BCUT2D eigenvalue weighted by molar-refractivity contribution is -0.138. The summed E-state index contributed by atoms with van der Waals surface area (Å²) in [6, 6.07) is 13.1. The molecule has 0 saturated carbocycles. The van der Waals surface area contributed by atoms with Gasteiger partial charge in [-0.05, 0) is 17.9 Å². The minimum atomic E-state index is -0.603. The summed E-state index contributed by atoms with van der Waals surface area (Å²) in [7, 11) is 0. The molecule has 0 atom stereocenters. The molecular weight excluding hydrogens is 304 g/mol. The Kier molecular flexibility index (Phi) is 7.02. The third kappa shape index (κ3) is 5.54. The molecule has 0 fully saturated rings. The Morgan fingerprint density at radius 3 is 2.50 bits per heavy atom. The van der Waals surface area contributed by atoms with Gasteiger partial charge >= 0.3 is 11.9 Å². The highest BCUT2D eigenvalue weighted by Crippen LogP contribution is 2.25. The standard InChI is InChI=1S/C20H22O4/c1-2-3-4-7-15-23-19(21)13-14-20(22)24-18-12-8-10-16-9-5-6-11-17(16)18/h5-6,8-14H,2-4,7,15H2,1H3/b14-13+. The molecule has 0 spiro atoms. The maximum atomic E-state index is 11.9. The van der Waals surface area contributed by atoms with Gasteiger partial charge in [0.25, 0.3) is 0 Å². The van der Waals surface area contributed by atoms with E-state index in [2.05, 4.69) is 6.92 Å². The third-order valence-corrected chi connectivity index (χ3v) is 3.56. The van der Waals surface area contributed by atoms with Gasteiger partial charge in [-0.2, -0.15) is 0 Å². The molecule has 0 aliphatic carbocycles. The molecule has 2 aromatic carbocycles. The fourth-order valence-electron chi connectivity index (χ4n) is 2.31. The van der Waals surface area contributed by atoms with Crippen molar-refractivity contribution < 1.29 is 19.1 Å². The van der Waals surface area contributed by atoms with Crippen LogP contribution in [0.4, 0.5) is 0 Å². The van der Waals surface area contributed by atoms with Gasteiger partial charge in [-0.3, -0.25) is 0 Å². The molecule has 0 aromatic heterocycles. The van der Waals surface area contributed by atoms with Gasteiger partial charge in [0.1, 0.15) is 5.75 Å². The second-order valence-electron chi connectivity index (χ2n) is 5.46. The maximum Gasteiger partial charge on any atom is 0.336 e. The second kappa shape index (κ2) is 9.50. The first-order chi connectivity index (χ1) is 11.7. The molecule has 0 radical (unpaired) electrons. The van der Waals surface area contributed by atoms with Crippen LogP contribution in [0, 0.1) is 0 Å². The van der Waals surface area contributed by atoms with E-state index in [1.54, 1.807) is 6.07 Å². The summed E-state index contributed by atoms with van der Waals surface area (Å²) in [6.07, 6.45) is 6.34. The lowest BCUT2D eigenvalue weighted by atomic mass is 10.1. The summed E-state index contributed by atoms with van der Waals surface area (Å²) in [5, 5.41) is 1.83. The zero-order chi connectivity index (χ0) is 17.2. The normalized spacial score (nSPS) is 10.9. The van der Waals surface area contributed by atoms with Crippen molar-refractivity contribution in [1.29, 1.82) is 0 Å². The molecule has 0 unspecified atom stereocenters. The molecule has 0 bridgehead atoms. The van der Waals surface area contributed by atoms with Crippen LogP contribution in [-0.2, 0) is 14.3 Å². The Balaban J connectivity index is 1.85. The smallest absolute Gasteiger partial charge is 0.336 e. The summed E-state index contributed by atoms with van der Waals surface area (Å²) >= 11 is 0. The van der Waals surface area contributed by atoms with Crippen LogP contribution in [0.15, 0.2) is 54.6 Å². The molecule has 0 aliphatic heterocycles. The van der Waals surface area contributed by atoms with Gasteiger partial charge in [-0.1, -0.05) is 62.6 Å². The van der Waals surface area contributed by atoms with Crippen molar-refractivity contribution in [2.75, 3.05) is 6.61 Å². The zero-order valence-electron chi connectivity index (χ0n) is 13.9. The van der Waals surface area contributed by atoms with E-state index in [1.165, 1.54) is 0 Å². The zero-order valence-corrected chi connectivity index (χ0v) is 13.9. The minimum Gasteiger partial charge on any atom is -0.463 e. The fraction of sp³-hybridized carbons (Fsp3) is 0.300. The highest BCUT2D eigenvalue weighted by molar-refractivity contribution is 5.95. The van der Waals surface area contributed by atoms with Crippen LogP contribution in [0.2, 0.25) is 0 Å². The number of fused-ring (bicyclic) bond motifs is 1. The molecule has 0 aliphatic rings. The van der Waals surface area contributed by atoms with Gasteiger partial charge < -0.3 is 9.47 Å². The van der Waals surface area contributed by atoms with E-state index in [4.69, 9.17) is 9.47 Å². The molecule has 24 heavy (non-hydrogen) atoms. The molecule has 4 nitrogen and oxygen atoms in total. The Labute approximate surface area is 142 Å². The quantitative estimate of drug-likeness (QED) is 0.312. The second-order valence-corrected chi connectivity index (χ2v) is 5.46. The molecule has 0 N–H and O–H groups in total. The van der Waals surface area contributed by atoms with Crippen LogP contribution in [0.3, 0.4) is 0 Å². The Morgan fingerprint density at radius 2 is 1.67 bits per heavy atom. The summed E-state index contributed by atoms with van der Waals surface area (Å²) < 4.78 is 10.3. The Hall–Kier alpha value is -2.62. The van der Waals surface area contributed by atoms with E-state index >= 15 is 0 Å². The number of carbonyl (C=O) groups is 2. The molecular formula is C20H22O4. The summed E-state index contributed by atoms with van der Waals surface area (Å²) in [4.78, 5) is 23.4.